The maximum Gasteiger partial charge on any atom is 0.274 e. The van der Waals surface area contributed by atoms with E-state index in [2.05, 4.69) is 5.10 Å². The minimum Gasteiger partial charge on any atom is -0.295 e. The number of rotatable bonds is 2. The van der Waals surface area contributed by atoms with Crippen molar-refractivity contribution in [2.24, 2.45) is 0 Å². The van der Waals surface area contributed by atoms with E-state index in [9.17, 15) is 4.79 Å². The molecule has 0 bridgehead atoms. The number of nitrogens with one attached hydrogen (secondary N) is 1. The average molecular weight is 237 g/mol. The molecule has 84 valence electrons. The standard InChI is InChI=1S/C12H13ClN2O/c1-3-11-8(2)14-15(12(11)16)10-6-4-9(13)5-7-10/h4-7,14H,3H2,1-2H3. The monoisotopic (exact) mass is 236 g/mol. The number of aromatic nitrogens is 2. The normalized spacial score (nSPS) is 10.7. The Balaban J connectivity index is 2.57. The van der Waals surface area contributed by atoms with E-state index in [0.717, 1.165) is 23.4 Å². The Kier molecular flexibility index (Phi) is 2.88. The number of hydrogen-bond acceptors (Lipinski definition) is 1. The van der Waals surface area contributed by atoms with Crippen LogP contribution in [0.1, 0.15) is 18.2 Å². The van der Waals surface area contributed by atoms with Crippen LogP contribution in [0.2, 0.25) is 5.02 Å². The van der Waals surface area contributed by atoms with Gasteiger partial charge in [-0.1, -0.05) is 18.5 Å². The largest absolute Gasteiger partial charge is 0.295 e. The summed E-state index contributed by atoms with van der Waals surface area (Å²) < 4.78 is 1.55. The minimum absolute atomic E-state index is 0.0160. The molecule has 1 N–H and O–H groups in total. The van der Waals surface area contributed by atoms with Gasteiger partial charge < -0.3 is 0 Å². The smallest absolute Gasteiger partial charge is 0.274 e. The maximum absolute atomic E-state index is 12.0. The zero-order chi connectivity index (χ0) is 11.7. The van der Waals surface area contributed by atoms with E-state index in [-0.39, 0.29) is 5.56 Å². The Labute approximate surface area is 98.7 Å². The summed E-state index contributed by atoms with van der Waals surface area (Å²) in [7, 11) is 0. The number of aromatic amines is 1. The Morgan fingerprint density at radius 3 is 2.44 bits per heavy atom. The van der Waals surface area contributed by atoms with Crippen molar-refractivity contribution in [1.29, 1.82) is 0 Å². The molecule has 0 aliphatic carbocycles. The Morgan fingerprint density at radius 2 is 1.94 bits per heavy atom. The highest BCUT2D eigenvalue weighted by Gasteiger charge is 2.09. The van der Waals surface area contributed by atoms with Crippen molar-refractivity contribution in [3.63, 3.8) is 0 Å². The molecule has 0 radical (unpaired) electrons. The van der Waals surface area contributed by atoms with Gasteiger partial charge >= 0.3 is 0 Å². The van der Waals surface area contributed by atoms with Crippen LogP contribution in [0.4, 0.5) is 0 Å². The van der Waals surface area contributed by atoms with Crippen LogP contribution in [-0.4, -0.2) is 9.78 Å². The van der Waals surface area contributed by atoms with Crippen LogP contribution in [0.15, 0.2) is 29.1 Å². The molecule has 0 atom stereocenters. The topological polar surface area (TPSA) is 37.8 Å². The van der Waals surface area contributed by atoms with E-state index in [4.69, 9.17) is 11.6 Å². The van der Waals surface area contributed by atoms with Crippen molar-refractivity contribution in [2.45, 2.75) is 20.3 Å². The third-order valence-electron chi connectivity index (χ3n) is 2.63. The molecule has 1 aromatic carbocycles. The Morgan fingerprint density at radius 1 is 1.31 bits per heavy atom. The van der Waals surface area contributed by atoms with Gasteiger partial charge in [0.05, 0.1) is 5.69 Å². The van der Waals surface area contributed by atoms with Gasteiger partial charge in [-0.15, -0.1) is 0 Å². The molecule has 3 nitrogen and oxygen atoms in total. The maximum atomic E-state index is 12.0. The van der Waals surface area contributed by atoms with Crippen LogP contribution in [0.25, 0.3) is 5.69 Å². The fraction of sp³-hybridized carbons (Fsp3) is 0.250. The van der Waals surface area contributed by atoms with Gasteiger partial charge in [-0.25, -0.2) is 4.68 Å². The van der Waals surface area contributed by atoms with Gasteiger partial charge in [-0.3, -0.25) is 9.89 Å². The molecule has 0 fully saturated rings. The highest BCUT2D eigenvalue weighted by atomic mass is 35.5. The summed E-state index contributed by atoms with van der Waals surface area (Å²) in [4.78, 5) is 12.0. The van der Waals surface area contributed by atoms with E-state index >= 15 is 0 Å². The highest BCUT2D eigenvalue weighted by molar-refractivity contribution is 6.30. The van der Waals surface area contributed by atoms with Crippen molar-refractivity contribution >= 4 is 11.6 Å². The van der Waals surface area contributed by atoms with Gasteiger partial charge in [0.25, 0.3) is 5.56 Å². The van der Waals surface area contributed by atoms with E-state index < -0.39 is 0 Å². The number of H-pyrrole nitrogens is 1. The van der Waals surface area contributed by atoms with Gasteiger partial charge in [0, 0.05) is 16.3 Å². The summed E-state index contributed by atoms with van der Waals surface area (Å²) >= 11 is 5.81. The van der Waals surface area contributed by atoms with E-state index in [1.165, 1.54) is 0 Å². The second-order valence-corrected chi connectivity index (χ2v) is 4.12. The molecule has 0 saturated heterocycles. The summed E-state index contributed by atoms with van der Waals surface area (Å²) in [6.45, 7) is 3.89. The summed E-state index contributed by atoms with van der Waals surface area (Å²) in [5, 5.41) is 3.72. The first kappa shape index (κ1) is 11.0. The second kappa shape index (κ2) is 4.18. The molecule has 0 unspecified atom stereocenters. The summed E-state index contributed by atoms with van der Waals surface area (Å²) in [6.07, 6.45) is 0.738. The first-order chi connectivity index (χ1) is 7.63. The fourth-order valence-corrected chi connectivity index (χ4v) is 1.90. The lowest BCUT2D eigenvalue weighted by atomic mass is 10.2. The quantitative estimate of drug-likeness (QED) is 0.856. The van der Waals surface area contributed by atoms with Crippen LogP contribution in [0.5, 0.6) is 0 Å². The zero-order valence-corrected chi connectivity index (χ0v) is 10.0. The minimum atomic E-state index is 0.0160. The molecule has 2 aromatic rings. The van der Waals surface area contributed by atoms with Crippen molar-refractivity contribution in [3.8, 4) is 5.69 Å². The van der Waals surface area contributed by atoms with Crippen LogP contribution in [-0.2, 0) is 6.42 Å². The predicted octanol–water partition coefficient (Wildman–Crippen LogP) is 2.69. The molecule has 2 rings (SSSR count). The number of halogens is 1. The van der Waals surface area contributed by atoms with Gasteiger partial charge in [0.15, 0.2) is 0 Å². The van der Waals surface area contributed by atoms with Crippen LogP contribution < -0.4 is 5.56 Å². The zero-order valence-electron chi connectivity index (χ0n) is 9.25. The number of benzene rings is 1. The van der Waals surface area contributed by atoms with Crippen molar-refractivity contribution in [2.75, 3.05) is 0 Å². The molecule has 0 spiro atoms. The second-order valence-electron chi connectivity index (χ2n) is 3.69. The average Bonchev–Trinajstić information content (AvgIpc) is 2.55. The molecule has 1 heterocycles. The summed E-state index contributed by atoms with van der Waals surface area (Å²) in [5.41, 5.74) is 2.57. The van der Waals surface area contributed by atoms with Crippen molar-refractivity contribution in [1.82, 2.24) is 9.78 Å². The van der Waals surface area contributed by atoms with Crippen molar-refractivity contribution < 1.29 is 0 Å². The fourth-order valence-electron chi connectivity index (χ4n) is 1.77. The van der Waals surface area contributed by atoms with Crippen LogP contribution in [0.3, 0.4) is 0 Å². The number of hydrogen-bond donors (Lipinski definition) is 1. The molecular formula is C12H13ClN2O. The molecule has 0 amide bonds. The van der Waals surface area contributed by atoms with Gasteiger partial charge in [-0.05, 0) is 37.6 Å². The third-order valence-corrected chi connectivity index (χ3v) is 2.88. The van der Waals surface area contributed by atoms with Gasteiger partial charge in [-0.2, -0.15) is 0 Å². The number of aryl methyl sites for hydroxylation is 1. The summed E-state index contributed by atoms with van der Waals surface area (Å²) in [6, 6.07) is 7.18. The summed E-state index contributed by atoms with van der Waals surface area (Å²) in [5.74, 6) is 0. The first-order valence-corrected chi connectivity index (χ1v) is 5.57. The molecule has 0 aliphatic rings. The lowest BCUT2D eigenvalue weighted by molar-refractivity contribution is 0.834. The van der Waals surface area contributed by atoms with E-state index in [1.807, 2.05) is 26.0 Å². The number of nitrogens with zero attached hydrogens (tertiary/aromatic N) is 1. The first-order valence-electron chi connectivity index (χ1n) is 5.20. The Bertz CT molecular complexity index is 551. The van der Waals surface area contributed by atoms with E-state index in [0.29, 0.717) is 5.02 Å². The van der Waals surface area contributed by atoms with Crippen LogP contribution in [0, 0.1) is 6.92 Å². The molecule has 0 saturated carbocycles. The molecule has 1 aromatic heterocycles. The van der Waals surface area contributed by atoms with Crippen LogP contribution >= 0.6 is 11.6 Å². The molecular weight excluding hydrogens is 224 g/mol. The van der Waals surface area contributed by atoms with E-state index in [1.54, 1.807) is 16.8 Å². The van der Waals surface area contributed by atoms with Gasteiger partial charge in [0.1, 0.15) is 0 Å². The molecule has 16 heavy (non-hydrogen) atoms. The Hall–Kier alpha value is -1.48. The highest BCUT2D eigenvalue weighted by Crippen LogP contribution is 2.12. The predicted molar refractivity (Wildman–Crippen MR) is 65.5 cm³/mol. The van der Waals surface area contributed by atoms with Gasteiger partial charge in [0.2, 0.25) is 0 Å². The molecule has 4 heteroatoms. The SMILES string of the molecule is CCc1c(C)[nH]n(-c2ccc(Cl)cc2)c1=O. The molecule has 0 aliphatic heterocycles. The lowest BCUT2D eigenvalue weighted by Gasteiger charge is -2.00. The lowest BCUT2D eigenvalue weighted by Crippen LogP contribution is -2.16. The van der Waals surface area contributed by atoms with Crippen molar-refractivity contribution in [3.05, 3.63) is 50.9 Å². The third kappa shape index (κ3) is 1.78.